The zero-order valence-electron chi connectivity index (χ0n) is 24.4. The molecule has 0 unspecified atom stereocenters. The molecule has 0 amide bonds. The molecule has 9 aromatic carbocycles. The molecule has 0 atom stereocenters. The first kappa shape index (κ1) is 24.5. The van der Waals surface area contributed by atoms with Crippen molar-refractivity contribution in [3.63, 3.8) is 0 Å². The van der Waals surface area contributed by atoms with Crippen molar-refractivity contribution in [2.24, 2.45) is 0 Å². The molecule has 1 nitrogen and oxygen atoms in total. The predicted molar refractivity (Wildman–Crippen MR) is 190 cm³/mol. The van der Waals surface area contributed by atoms with Crippen LogP contribution in [0.25, 0.3) is 87.2 Å². The van der Waals surface area contributed by atoms with Crippen LogP contribution in [0.4, 0.5) is 0 Å². The van der Waals surface area contributed by atoms with Crippen LogP contribution in [0.15, 0.2) is 158 Å². The van der Waals surface area contributed by atoms with Gasteiger partial charge in [-0.15, -0.1) is 0 Å². The summed E-state index contributed by atoms with van der Waals surface area (Å²) in [5, 5.41) is 12.7. The molecule has 45 heavy (non-hydrogen) atoms. The van der Waals surface area contributed by atoms with Crippen molar-refractivity contribution < 1.29 is 4.74 Å². The summed E-state index contributed by atoms with van der Waals surface area (Å²) < 4.78 is 6.41. The summed E-state index contributed by atoms with van der Waals surface area (Å²) in [5.74, 6) is 1.83. The zero-order valence-corrected chi connectivity index (χ0v) is 24.4. The van der Waals surface area contributed by atoms with E-state index in [1.165, 1.54) is 81.7 Å². The molecule has 0 aromatic heterocycles. The molecule has 0 aliphatic carbocycles. The molecule has 208 valence electrons. The Hall–Kier alpha value is -5.92. The first-order valence-corrected chi connectivity index (χ1v) is 15.5. The van der Waals surface area contributed by atoms with Crippen molar-refractivity contribution in [2.45, 2.75) is 0 Å². The number of fused-ring (bicyclic) bond motifs is 9. The summed E-state index contributed by atoms with van der Waals surface area (Å²) in [7, 11) is 0. The molecule has 0 saturated carbocycles. The van der Waals surface area contributed by atoms with E-state index in [2.05, 4.69) is 158 Å². The molecule has 0 saturated heterocycles. The number of benzene rings is 9. The molecule has 1 aliphatic rings. The molecule has 10 rings (SSSR count). The maximum absolute atomic E-state index is 6.41. The summed E-state index contributed by atoms with van der Waals surface area (Å²) in [4.78, 5) is 0. The zero-order chi connectivity index (χ0) is 29.5. The van der Waals surface area contributed by atoms with Crippen molar-refractivity contribution in [1.29, 1.82) is 0 Å². The summed E-state index contributed by atoms with van der Waals surface area (Å²) in [5.41, 5.74) is 7.22. The quantitative estimate of drug-likeness (QED) is 0.148. The third kappa shape index (κ3) is 3.56. The van der Waals surface area contributed by atoms with Gasteiger partial charge in [-0.2, -0.15) is 0 Å². The Morgan fingerprint density at radius 2 is 0.933 bits per heavy atom. The molecule has 0 bridgehead atoms. The van der Waals surface area contributed by atoms with Crippen LogP contribution in [-0.2, 0) is 0 Å². The van der Waals surface area contributed by atoms with Crippen LogP contribution in [0.2, 0.25) is 0 Å². The standard InChI is InChI=1S/C44H26O/c1-2-15-32-30(10-1)26-39-35-18-4-3-16-33(35)34-17-5-6-19-36(34)44(39)43(32)31-14-7-13-28(24-31)29-22-23-40-38(25-29)37-20-8-11-27-12-9-21-41(45-40)42(27)37/h1-26H. The highest BCUT2D eigenvalue weighted by Crippen LogP contribution is 2.48. The smallest absolute Gasteiger partial charge is 0.135 e. The topological polar surface area (TPSA) is 9.23 Å². The fraction of sp³-hybridized carbons (Fsp3) is 0. The van der Waals surface area contributed by atoms with E-state index in [1.807, 2.05) is 0 Å². The molecular formula is C44H26O. The minimum Gasteiger partial charge on any atom is -0.456 e. The lowest BCUT2D eigenvalue weighted by Crippen LogP contribution is -1.97. The van der Waals surface area contributed by atoms with Crippen LogP contribution in [-0.4, -0.2) is 0 Å². The van der Waals surface area contributed by atoms with Gasteiger partial charge in [0.05, 0.1) is 0 Å². The van der Waals surface area contributed by atoms with Gasteiger partial charge in [0.2, 0.25) is 0 Å². The Labute approximate surface area is 260 Å². The van der Waals surface area contributed by atoms with E-state index in [-0.39, 0.29) is 0 Å². The summed E-state index contributed by atoms with van der Waals surface area (Å²) >= 11 is 0. The van der Waals surface area contributed by atoms with Gasteiger partial charge in [-0.25, -0.2) is 0 Å². The van der Waals surface area contributed by atoms with Crippen LogP contribution in [0, 0.1) is 0 Å². The van der Waals surface area contributed by atoms with Crippen molar-refractivity contribution in [2.75, 3.05) is 0 Å². The number of rotatable bonds is 2. The van der Waals surface area contributed by atoms with Crippen molar-refractivity contribution in [3.8, 4) is 44.9 Å². The van der Waals surface area contributed by atoms with E-state index in [0.29, 0.717) is 0 Å². The van der Waals surface area contributed by atoms with Crippen molar-refractivity contribution in [3.05, 3.63) is 158 Å². The Morgan fingerprint density at radius 3 is 1.78 bits per heavy atom. The molecule has 1 aliphatic heterocycles. The van der Waals surface area contributed by atoms with Crippen LogP contribution >= 0.6 is 0 Å². The van der Waals surface area contributed by atoms with Gasteiger partial charge in [0, 0.05) is 10.9 Å². The maximum atomic E-state index is 6.41. The van der Waals surface area contributed by atoms with Gasteiger partial charge in [0.25, 0.3) is 0 Å². The SMILES string of the molecule is c1cc(-c2ccc3c(c2)-c2cccc4cccc(c24)O3)cc(-c2c3ccccc3cc3c4ccccc4c4ccccc4c23)c1. The third-order valence-corrected chi connectivity index (χ3v) is 9.59. The lowest BCUT2D eigenvalue weighted by atomic mass is 9.85. The van der Waals surface area contributed by atoms with Crippen LogP contribution in [0.3, 0.4) is 0 Å². The Morgan fingerprint density at radius 1 is 0.311 bits per heavy atom. The van der Waals surface area contributed by atoms with E-state index in [1.54, 1.807) is 0 Å². The molecule has 0 spiro atoms. The number of ether oxygens (including phenoxy) is 1. The summed E-state index contributed by atoms with van der Waals surface area (Å²) in [6, 6.07) is 57.4. The minimum atomic E-state index is 0.902. The molecule has 1 heteroatoms. The van der Waals surface area contributed by atoms with Gasteiger partial charge >= 0.3 is 0 Å². The van der Waals surface area contributed by atoms with Crippen LogP contribution < -0.4 is 4.74 Å². The molecule has 9 aromatic rings. The second-order valence-electron chi connectivity index (χ2n) is 12.0. The molecule has 0 N–H and O–H groups in total. The maximum Gasteiger partial charge on any atom is 0.135 e. The van der Waals surface area contributed by atoms with Gasteiger partial charge < -0.3 is 4.74 Å². The Kier molecular flexibility index (Phi) is 5.06. The summed E-state index contributed by atoms with van der Waals surface area (Å²) in [6.45, 7) is 0. The molecule has 0 fully saturated rings. The average Bonchev–Trinajstić information content (AvgIpc) is 3.11. The molecular weight excluding hydrogens is 544 g/mol. The van der Waals surface area contributed by atoms with Gasteiger partial charge in [-0.05, 0) is 107 Å². The highest BCUT2D eigenvalue weighted by Gasteiger charge is 2.21. The van der Waals surface area contributed by atoms with Gasteiger partial charge in [-0.3, -0.25) is 0 Å². The lowest BCUT2D eigenvalue weighted by molar-refractivity contribution is 0.487. The number of hydrogen-bond acceptors (Lipinski definition) is 1. The van der Waals surface area contributed by atoms with Crippen LogP contribution in [0.1, 0.15) is 0 Å². The fourth-order valence-corrected chi connectivity index (χ4v) is 7.63. The second kappa shape index (κ2) is 9.29. The first-order valence-electron chi connectivity index (χ1n) is 15.5. The van der Waals surface area contributed by atoms with Gasteiger partial charge in [0.15, 0.2) is 0 Å². The van der Waals surface area contributed by atoms with Gasteiger partial charge in [0.1, 0.15) is 11.5 Å². The Balaban J connectivity index is 1.24. The summed E-state index contributed by atoms with van der Waals surface area (Å²) in [6.07, 6.45) is 0. The van der Waals surface area contributed by atoms with Gasteiger partial charge in [-0.1, -0.05) is 127 Å². The van der Waals surface area contributed by atoms with E-state index >= 15 is 0 Å². The highest BCUT2D eigenvalue weighted by atomic mass is 16.5. The number of hydrogen-bond donors (Lipinski definition) is 0. The minimum absolute atomic E-state index is 0.902. The third-order valence-electron chi connectivity index (χ3n) is 9.59. The average molecular weight is 571 g/mol. The fourth-order valence-electron chi connectivity index (χ4n) is 7.63. The first-order chi connectivity index (χ1) is 22.3. The second-order valence-corrected chi connectivity index (χ2v) is 12.0. The van der Waals surface area contributed by atoms with Crippen molar-refractivity contribution in [1.82, 2.24) is 0 Å². The molecule has 1 heterocycles. The largest absolute Gasteiger partial charge is 0.456 e. The van der Waals surface area contributed by atoms with E-state index in [0.717, 1.165) is 17.1 Å². The van der Waals surface area contributed by atoms with E-state index < -0.39 is 0 Å². The monoisotopic (exact) mass is 570 g/mol. The van der Waals surface area contributed by atoms with E-state index in [4.69, 9.17) is 4.74 Å². The predicted octanol–water partition coefficient (Wildman–Crippen LogP) is 12.6. The Bertz CT molecular complexity index is 2670. The lowest BCUT2D eigenvalue weighted by Gasteiger charge is -2.22. The van der Waals surface area contributed by atoms with Crippen molar-refractivity contribution >= 4 is 53.9 Å². The van der Waals surface area contributed by atoms with Crippen LogP contribution in [0.5, 0.6) is 11.5 Å². The molecule has 0 radical (unpaired) electrons. The normalized spacial score (nSPS) is 12.2. The highest BCUT2D eigenvalue weighted by molar-refractivity contribution is 6.32. The van der Waals surface area contributed by atoms with E-state index in [9.17, 15) is 0 Å².